The van der Waals surface area contributed by atoms with E-state index in [-0.39, 0.29) is 18.7 Å². The SMILES string of the molecule is CS(=O)(=O)C1CSCCN1C(=O)CCCCC(=O)O. The standard InChI is InChI=1S/C11H19NO5S2/c1-19(16,17)10-8-18-7-6-12(10)9(13)4-2-3-5-11(14)15/h10H,2-8H2,1H3,(H,14,15). The first kappa shape index (κ1) is 16.3. The lowest BCUT2D eigenvalue weighted by Gasteiger charge is -2.34. The summed E-state index contributed by atoms with van der Waals surface area (Å²) in [4.78, 5) is 23.8. The number of sulfone groups is 1. The van der Waals surface area contributed by atoms with Crippen molar-refractivity contribution >= 4 is 33.5 Å². The number of carboxylic acids is 1. The lowest BCUT2D eigenvalue weighted by Crippen LogP contribution is -2.49. The van der Waals surface area contributed by atoms with Gasteiger partial charge in [-0.1, -0.05) is 0 Å². The molecule has 0 aliphatic carbocycles. The second-order valence-corrected chi connectivity index (χ2v) is 7.90. The van der Waals surface area contributed by atoms with Crippen LogP contribution in [0.1, 0.15) is 25.7 Å². The zero-order valence-corrected chi connectivity index (χ0v) is 12.5. The first-order chi connectivity index (χ1) is 8.82. The van der Waals surface area contributed by atoms with Gasteiger partial charge in [-0.25, -0.2) is 8.42 Å². The van der Waals surface area contributed by atoms with Gasteiger partial charge in [0.1, 0.15) is 5.37 Å². The van der Waals surface area contributed by atoms with Gasteiger partial charge in [0.25, 0.3) is 0 Å². The molecule has 110 valence electrons. The van der Waals surface area contributed by atoms with Crippen LogP contribution in [0.15, 0.2) is 0 Å². The number of aliphatic carboxylic acids is 1. The molecule has 1 unspecified atom stereocenters. The zero-order chi connectivity index (χ0) is 14.5. The van der Waals surface area contributed by atoms with Crippen LogP contribution in [-0.2, 0) is 19.4 Å². The molecule has 0 aromatic rings. The van der Waals surface area contributed by atoms with Crippen LogP contribution in [0.25, 0.3) is 0 Å². The summed E-state index contributed by atoms with van der Waals surface area (Å²) in [6.45, 7) is 0.445. The molecule has 6 nitrogen and oxygen atoms in total. The zero-order valence-electron chi connectivity index (χ0n) is 10.9. The van der Waals surface area contributed by atoms with Gasteiger partial charge < -0.3 is 10.0 Å². The van der Waals surface area contributed by atoms with Crippen molar-refractivity contribution in [3.05, 3.63) is 0 Å². The molecule has 0 aromatic heterocycles. The molecule has 1 aliphatic heterocycles. The molecular formula is C11H19NO5S2. The maximum atomic E-state index is 12.0. The highest BCUT2D eigenvalue weighted by Crippen LogP contribution is 2.21. The highest BCUT2D eigenvalue weighted by molar-refractivity contribution is 8.00. The van der Waals surface area contributed by atoms with Crippen LogP contribution in [0.2, 0.25) is 0 Å². The molecule has 8 heteroatoms. The van der Waals surface area contributed by atoms with Crippen molar-refractivity contribution in [1.29, 1.82) is 0 Å². The van der Waals surface area contributed by atoms with Crippen LogP contribution in [-0.4, -0.2) is 60.0 Å². The Morgan fingerprint density at radius 1 is 1.32 bits per heavy atom. The van der Waals surface area contributed by atoms with E-state index < -0.39 is 21.2 Å². The van der Waals surface area contributed by atoms with Crippen LogP contribution in [0, 0.1) is 0 Å². The fraction of sp³-hybridized carbons (Fsp3) is 0.818. The number of thioether (sulfide) groups is 1. The Bertz CT molecular complexity index is 434. The van der Waals surface area contributed by atoms with Crippen molar-refractivity contribution in [1.82, 2.24) is 4.90 Å². The summed E-state index contributed by atoms with van der Waals surface area (Å²) in [5.74, 6) is 0.0870. The molecule has 1 fully saturated rings. The van der Waals surface area contributed by atoms with Gasteiger partial charge in [-0.2, -0.15) is 11.8 Å². The number of hydrogen-bond acceptors (Lipinski definition) is 5. The third kappa shape index (κ3) is 5.40. The van der Waals surface area contributed by atoms with Crippen molar-refractivity contribution in [2.45, 2.75) is 31.1 Å². The van der Waals surface area contributed by atoms with Gasteiger partial charge in [0.2, 0.25) is 5.91 Å². The highest BCUT2D eigenvalue weighted by atomic mass is 32.2. The van der Waals surface area contributed by atoms with Crippen LogP contribution in [0.4, 0.5) is 0 Å². The molecule has 0 aromatic carbocycles. The molecule has 1 N–H and O–H groups in total. The van der Waals surface area contributed by atoms with Gasteiger partial charge in [-0.3, -0.25) is 9.59 Å². The van der Waals surface area contributed by atoms with Crippen molar-refractivity contribution in [3.8, 4) is 0 Å². The summed E-state index contributed by atoms with van der Waals surface area (Å²) in [5, 5.41) is 7.76. The third-order valence-electron chi connectivity index (χ3n) is 2.93. The summed E-state index contributed by atoms with van der Waals surface area (Å²) in [5.41, 5.74) is 0. The second kappa shape index (κ2) is 7.14. The Hall–Kier alpha value is -0.760. The van der Waals surface area contributed by atoms with Gasteiger partial charge in [-0.05, 0) is 12.8 Å². The highest BCUT2D eigenvalue weighted by Gasteiger charge is 2.33. The van der Waals surface area contributed by atoms with Crippen LogP contribution < -0.4 is 0 Å². The number of unbranched alkanes of at least 4 members (excludes halogenated alkanes) is 1. The number of carbonyl (C=O) groups is 2. The van der Waals surface area contributed by atoms with E-state index in [0.29, 0.717) is 25.1 Å². The maximum absolute atomic E-state index is 12.0. The average molecular weight is 309 g/mol. The van der Waals surface area contributed by atoms with E-state index in [4.69, 9.17) is 5.11 Å². The molecule has 1 aliphatic rings. The molecule has 1 amide bonds. The summed E-state index contributed by atoms with van der Waals surface area (Å²) in [7, 11) is -3.27. The molecule has 0 radical (unpaired) electrons. The fourth-order valence-electron chi connectivity index (χ4n) is 1.92. The van der Waals surface area contributed by atoms with Gasteiger partial charge in [0, 0.05) is 37.1 Å². The molecule has 19 heavy (non-hydrogen) atoms. The van der Waals surface area contributed by atoms with Crippen LogP contribution >= 0.6 is 11.8 Å². The number of rotatable bonds is 6. The summed E-state index contributed by atoms with van der Waals surface area (Å²) in [6, 6.07) is 0. The first-order valence-corrected chi connectivity index (χ1v) is 9.21. The molecule has 1 heterocycles. The van der Waals surface area contributed by atoms with Gasteiger partial charge in [0.05, 0.1) is 0 Å². The number of nitrogens with zero attached hydrogens (tertiary/aromatic N) is 1. The van der Waals surface area contributed by atoms with Crippen molar-refractivity contribution < 1.29 is 23.1 Å². The van der Waals surface area contributed by atoms with Gasteiger partial charge in [0.15, 0.2) is 9.84 Å². The molecule has 1 saturated heterocycles. The van der Waals surface area contributed by atoms with Crippen molar-refractivity contribution in [3.63, 3.8) is 0 Å². The second-order valence-electron chi connectivity index (χ2n) is 4.55. The Labute approximate surface area is 117 Å². The molecule has 1 atom stereocenters. The van der Waals surface area contributed by atoms with Gasteiger partial charge in [-0.15, -0.1) is 0 Å². The monoisotopic (exact) mass is 309 g/mol. The third-order valence-corrected chi connectivity index (χ3v) is 5.57. The summed E-state index contributed by atoms with van der Waals surface area (Å²) < 4.78 is 23.3. The smallest absolute Gasteiger partial charge is 0.303 e. The Balaban J connectivity index is 2.51. The number of amides is 1. The number of carbonyl (C=O) groups excluding carboxylic acids is 1. The topological polar surface area (TPSA) is 91.8 Å². The van der Waals surface area contributed by atoms with E-state index in [2.05, 4.69) is 0 Å². The maximum Gasteiger partial charge on any atom is 0.303 e. The quantitative estimate of drug-likeness (QED) is 0.722. The minimum Gasteiger partial charge on any atom is -0.481 e. The molecular weight excluding hydrogens is 290 g/mol. The van der Waals surface area contributed by atoms with E-state index in [1.165, 1.54) is 16.7 Å². The van der Waals surface area contributed by atoms with Gasteiger partial charge >= 0.3 is 5.97 Å². The van der Waals surface area contributed by atoms with E-state index >= 15 is 0 Å². The Kier molecular flexibility index (Phi) is 6.12. The van der Waals surface area contributed by atoms with E-state index in [1.54, 1.807) is 0 Å². The molecule has 0 bridgehead atoms. The normalized spacial score (nSPS) is 20.3. The predicted molar refractivity (Wildman–Crippen MR) is 73.8 cm³/mol. The van der Waals surface area contributed by atoms with E-state index in [0.717, 1.165) is 12.0 Å². The Morgan fingerprint density at radius 3 is 2.53 bits per heavy atom. The fourth-order valence-corrected chi connectivity index (χ4v) is 4.75. The Morgan fingerprint density at radius 2 is 1.95 bits per heavy atom. The predicted octanol–water partition coefficient (Wildman–Crippen LogP) is 0.577. The summed E-state index contributed by atoms with van der Waals surface area (Å²) >= 11 is 1.53. The number of hydrogen-bond donors (Lipinski definition) is 1. The first-order valence-electron chi connectivity index (χ1n) is 6.10. The molecule has 1 rings (SSSR count). The lowest BCUT2D eigenvalue weighted by atomic mass is 10.2. The molecule has 0 spiro atoms. The minimum atomic E-state index is -3.27. The van der Waals surface area contributed by atoms with Crippen molar-refractivity contribution in [2.24, 2.45) is 0 Å². The van der Waals surface area contributed by atoms with Crippen molar-refractivity contribution in [2.75, 3.05) is 24.3 Å². The van der Waals surface area contributed by atoms with Crippen LogP contribution in [0.3, 0.4) is 0 Å². The largest absolute Gasteiger partial charge is 0.481 e. The van der Waals surface area contributed by atoms with E-state index in [1.807, 2.05) is 0 Å². The average Bonchev–Trinajstić information content (AvgIpc) is 2.33. The number of carboxylic acid groups (broad SMARTS) is 1. The minimum absolute atomic E-state index is 0.0403. The summed E-state index contributed by atoms with van der Waals surface area (Å²) in [6.07, 6.45) is 2.31. The lowest BCUT2D eigenvalue weighted by molar-refractivity contribution is -0.137. The molecule has 0 saturated carbocycles. The van der Waals surface area contributed by atoms with E-state index in [9.17, 15) is 18.0 Å². The van der Waals surface area contributed by atoms with Crippen LogP contribution in [0.5, 0.6) is 0 Å².